The molecule has 2 aromatic rings. The summed E-state index contributed by atoms with van der Waals surface area (Å²) in [5.74, 6) is -0.485. The SMILES string of the molecule is CN(Cc1ccc(Br)cc1)Cc1ccc(F)cc1C(=N)N. The lowest BCUT2D eigenvalue weighted by molar-refractivity contribution is 0.318. The predicted molar refractivity (Wildman–Crippen MR) is 86.7 cm³/mol. The minimum atomic E-state index is -0.375. The van der Waals surface area contributed by atoms with Gasteiger partial charge in [-0.2, -0.15) is 0 Å². The van der Waals surface area contributed by atoms with Crippen LogP contribution >= 0.6 is 15.9 Å². The van der Waals surface area contributed by atoms with Crippen LogP contribution in [0.2, 0.25) is 0 Å². The molecule has 3 N–H and O–H groups in total. The van der Waals surface area contributed by atoms with Gasteiger partial charge in [-0.25, -0.2) is 4.39 Å². The highest BCUT2D eigenvalue weighted by Crippen LogP contribution is 2.16. The average Bonchev–Trinajstić information content (AvgIpc) is 2.43. The fourth-order valence-corrected chi connectivity index (χ4v) is 2.45. The Morgan fingerprint density at radius 1 is 1.19 bits per heavy atom. The van der Waals surface area contributed by atoms with E-state index < -0.39 is 0 Å². The maximum Gasteiger partial charge on any atom is 0.123 e. The lowest BCUT2D eigenvalue weighted by Crippen LogP contribution is -2.21. The lowest BCUT2D eigenvalue weighted by Gasteiger charge is -2.19. The first-order chi connectivity index (χ1) is 9.95. The van der Waals surface area contributed by atoms with E-state index in [-0.39, 0.29) is 11.7 Å². The van der Waals surface area contributed by atoms with Gasteiger partial charge in [0.1, 0.15) is 11.7 Å². The number of benzene rings is 2. The molecule has 21 heavy (non-hydrogen) atoms. The first kappa shape index (κ1) is 15.7. The standard InChI is InChI=1S/C16H17BrFN3/c1-21(9-11-2-5-13(17)6-3-11)10-12-4-7-14(18)8-15(12)16(19)20/h2-8H,9-10H2,1H3,(H3,19,20). The van der Waals surface area contributed by atoms with E-state index in [2.05, 4.69) is 33.0 Å². The van der Waals surface area contributed by atoms with Crippen molar-refractivity contribution in [3.05, 3.63) is 69.4 Å². The third-order valence-corrected chi connectivity index (χ3v) is 3.70. The van der Waals surface area contributed by atoms with Crippen molar-refractivity contribution in [2.24, 2.45) is 5.73 Å². The highest BCUT2D eigenvalue weighted by Gasteiger charge is 2.10. The third-order valence-electron chi connectivity index (χ3n) is 3.17. The number of nitrogens with zero attached hydrogens (tertiary/aromatic N) is 1. The summed E-state index contributed by atoms with van der Waals surface area (Å²) in [6.45, 7) is 1.37. The predicted octanol–water partition coefficient (Wildman–Crippen LogP) is 3.50. The van der Waals surface area contributed by atoms with Crippen LogP contribution in [-0.4, -0.2) is 17.8 Å². The van der Waals surface area contributed by atoms with E-state index in [1.54, 1.807) is 6.07 Å². The molecule has 0 bridgehead atoms. The molecule has 0 aliphatic carbocycles. The van der Waals surface area contributed by atoms with Crippen LogP contribution in [0.1, 0.15) is 16.7 Å². The Bertz CT molecular complexity index is 640. The molecule has 0 aromatic heterocycles. The lowest BCUT2D eigenvalue weighted by atomic mass is 10.1. The summed E-state index contributed by atoms with van der Waals surface area (Å²) in [5, 5.41) is 7.55. The van der Waals surface area contributed by atoms with Crippen LogP contribution in [0.5, 0.6) is 0 Å². The highest BCUT2D eigenvalue weighted by molar-refractivity contribution is 9.10. The molecule has 110 valence electrons. The summed E-state index contributed by atoms with van der Waals surface area (Å²) in [5.41, 5.74) is 8.02. The number of halogens is 2. The van der Waals surface area contributed by atoms with Crippen molar-refractivity contribution < 1.29 is 4.39 Å². The van der Waals surface area contributed by atoms with E-state index in [9.17, 15) is 4.39 Å². The van der Waals surface area contributed by atoms with E-state index >= 15 is 0 Å². The Morgan fingerprint density at radius 3 is 2.48 bits per heavy atom. The Kier molecular flexibility index (Phi) is 5.09. The van der Waals surface area contributed by atoms with Gasteiger partial charge in [-0.1, -0.05) is 34.1 Å². The Balaban J connectivity index is 2.10. The number of hydrogen-bond acceptors (Lipinski definition) is 2. The van der Waals surface area contributed by atoms with Crippen LogP contribution in [0.15, 0.2) is 46.9 Å². The fourth-order valence-electron chi connectivity index (χ4n) is 2.19. The first-order valence-corrected chi connectivity index (χ1v) is 7.31. The fraction of sp³-hybridized carbons (Fsp3) is 0.188. The second-order valence-electron chi connectivity index (χ2n) is 5.01. The monoisotopic (exact) mass is 349 g/mol. The van der Waals surface area contributed by atoms with Crippen molar-refractivity contribution in [3.8, 4) is 0 Å². The van der Waals surface area contributed by atoms with E-state index in [0.29, 0.717) is 12.1 Å². The summed E-state index contributed by atoms with van der Waals surface area (Å²) < 4.78 is 14.3. The number of amidine groups is 1. The van der Waals surface area contributed by atoms with Gasteiger partial charge < -0.3 is 5.73 Å². The second-order valence-corrected chi connectivity index (χ2v) is 5.93. The van der Waals surface area contributed by atoms with Crippen molar-refractivity contribution in [2.75, 3.05) is 7.05 Å². The van der Waals surface area contributed by atoms with Crippen LogP contribution in [-0.2, 0) is 13.1 Å². The minimum absolute atomic E-state index is 0.110. The molecule has 0 saturated carbocycles. The highest BCUT2D eigenvalue weighted by atomic mass is 79.9. The average molecular weight is 350 g/mol. The molecular weight excluding hydrogens is 333 g/mol. The maximum atomic E-state index is 13.3. The van der Waals surface area contributed by atoms with E-state index in [0.717, 1.165) is 16.6 Å². The molecule has 5 heteroatoms. The van der Waals surface area contributed by atoms with Gasteiger partial charge in [0.05, 0.1) is 0 Å². The topological polar surface area (TPSA) is 53.1 Å². The Labute approximate surface area is 132 Å². The molecule has 0 atom stereocenters. The zero-order valence-corrected chi connectivity index (χ0v) is 13.3. The molecule has 0 unspecified atom stereocenters. The van der Waals surface area contributed by atoms with E-state index in [4.69, 9.17) is 11.1 Å². The summed E-state index contributed by atoms with van der Waals surface area (Å²) in [4.78, 5) is 2.10. The van der Waals surface area contributed by atoms with Crippen molar-refractivity contribution in [2.45, 2.75) is 13.1 Å². The Hall–Kier alpha value is -1.72. The van der Waals surface area contributed by atoms with Crippen LogP contribution in [0.25, 0.3) is 0 Å². The van der Waals surface area contributed by atoms with Crippen LogP contribution in [0.3, 0.4) is 0 Å². The van der Waals surface area contributed by atoms with Crippen LogP contribution in [0.4, 0.5) is 4.39 Å². The van der Waals surface area contributed by atoms with Crippen LogP contribution < -0.4 is 5.73 Å². The molecule has 0 aliphatic heterocycles. The zero-order chi connectivity index (χ0) is 15.4. The summed E-state index contributed by atoms with van der Waals surface area (Å²) in [7, 11) is 1.98. The van der Waals surface area contributed by atoms with Gasteiger partial charge in [0.25, 0.3) is 0 Å². The summed E-state index contributed by atoms with van der Waals surface area (Å²) >= 11 is 3.41. The van der Waals surface area contributed by atoms with E-state index in [1.807, 2.05) is 19.2 Å². The van der Waals surface area contributed by atoms with Crippen LogP contribution in [0, 0.1) is 11.2 Å². The summed E-state index contributed by atoms with van der Waals surface area (Å²) in [6.07, 6.45) is 0. The van der Waals surface area contributed by atoms with Gasteiger partial charge in [-0.05, 0) is 42.4 Å². The number of nitrogen functional groups attached to an aromatic ring is 1. The van der Waals surface area contributed by atoms with Crippen molar-refractivity contribution in [1.82, 2.24) is 4.90 Å². The van der Waals surface area contributed by atoms with Crippen molar-refractivity contribution >= 4 is 21.8 Å². The molecule has 0 radical (unpaired) electrons. The van der Waals surface area contributed by atoms with E-state index in [1.165, 1.54) is 17.7 Å². The largest absolute Gasteiger partial charge is 0.384 e. The smallest absolute Gasteiger partial charge is 0.123 e. The maximum absolute atomic E-state index is 13.3. The van der Waals surface area contributed by atoms with Gasteiger partial charge in [0.2, 0.25) is 0 Å². The number of nitrogens with two attached hydrogens (primary N) is 1. The molecule has 0 saturated heterocycles. The number of nitrogens with one attached hydrogen (secondary N) is 1. The first-order valence-electron chi connectivity index (χ1n) is 6.51. The van der Waals surface area contributed by atoms with Gasteiger partial charge >= 0.3 is 0 Å². The minimum Gasteiger partial charge on any atom is -0.384 e. The second kappa shape index (κ2) is 6.83. The molecule has 0 aliphatic rings. The molecule has 0 fully saturated rings. The normalized spacial score (nSPS) is 10.9. The van der Waals surface area contributed by atoms with Crippen molar-refractivity contribution in [1.29, 1.82) is 5.41 Å². The molecular formula is C16H17BrFN3. The molecule has 2 aromatic carbocycles. The van der Waals surface area contributed by atoms with Gasteiger partial charge in [0.15, 0.2) is 0 Å². The van der Waals surface area contributed by atoms with Gasteiger partial charge in [-0.15, -0.1) is 0 Å². The third kappa shape index (κ3) is 4.37. The zero-order valence-electron chi connectivity index (χ0n) is 11.7. The van der Waals surface area contributed by atoms with Crippen molar-refractivity contribution in [3.63, 3.8) is 0 Å². The molecule has 2 rings (SSSR count). The quantitative estimate of drug-likeness (QED) is 0.641. The molecule has 0 spiro atoms. The number of rotatable bonds is 5. The van der Waals surface area contributed by atoms with Gasteiger partial charge in [-0.3, -0.25) is 10.3 Å². The molecule has 3 nitrogen and oxygen atoms in total. The molecule has 0 heterocycles. The van der Waals surface area contributed by atoms with Gasteiger partial charge in [0, 0.05) is 23.1 Å². The molecule has 0 amide bonds. The number of hydrogen-bond donors (Lipinski definition) is 2. The Morgan fingerprint density at radius 2 is 1.86 bits per heavy atom. The summed E-state index contributed by atoms with van der Waals surface area (Å²) in [6, 6.07) is 12.5.